The van der Waals surface area contributed by atoms with Crippen molar-refractivity contribution in [2.45, 2.75) is 40.4 Å². The SMILES string of the molecule is C=C(C)C(=O)OCC(O)(OC(=O)C(=C)C)C(C)(C)C. The van der Waals surface area contributed by atoms with E-state index in [0.717, 1.165) is 0 Å². The molecule has 0 saturated heterocycles. The maximum absolute atomic E-state index is 11.5. The number of ether oxygens (including phenoxy) is 2. The van der Waals surface area contributed by atoms with E-state index in [-0.39, 0.29) is 11.1 Å². The molecule has 0 bridgehead atoms. The number of carbonyl (C=O) groups is 2. The summed E-state index contributed by atoms with van der Waals surface area (Å²) in [5, 5.41) is 10.4. The molecule has 0 rings (SSSR count). The Morgan fingerprint density at radius 3 is 1.79 bits per heavy atom. The Morgan fingerprint density at radius 1 is 1.05 bits per heavy atom. The van der Waals surface area contributed by atoms with Gasteiger partial charge < -0.3 is 14.6 Å². The van der Waals surface area contributed by atoms with E-state index in [1.807, 2.05) is 0 Å². The van der Waals surface area contributed by atoms with Gasteiger partial charge in [0.1, 0.15) is 0 Å². The summed E-state index contributed by atoms with van der Waals surface area (Å²) < 4.78 is 9.88. The van der Waals surface area contributed by atoms with Crippen molar-refractivity contribution in [3.8, 4) is 0 Å². The van der Waals surface area contributed by atoms with Crippen LogP contribution in [0.25, 0.3) is 0 Å². The summed E-state index contributed by atoms with van der Waals surface area (Å²) in [6.07, 6.45) is 0. The van der Waals surface area contributed by atoms with Crippen molar-refractivity contribution >= 4 is 11.9 Å². The first-order chi connectivity index (χ1) is 8.40. The fourth-order valence-corrected chi connectivity index (χ4v) is 0.926. The van der Waals surface area contributed by atoms with E-state index in [4.69, 9.17) is 9.47 Å². The molecule has 5 nitrogen and oxygen atoms in total. The molecule has 1 N–H and O–H groups in total. The third-order valence-corrected chi connectivity index (χ3v) is 2.53. The number of hydrogen-bond donors (Lipinski definition) is 1. The van der Waals surface area contributed by atoms with Crippen molar-refractivity contribution in [2.24, 2.45) is 5.41 Å². The summed E-state index contributed by atoms with van der Waals surface area (Å²) in [5.74, 6) is -3.34. The van der Waals surface area contributed by atoms with Crippen molar-refractivity contribution in [1.82, 2.24) is 0 Å². The zero-order chi connectivity index (χ0) is 15.4. The van der Waals surface area contributed by atoms with E-state index >= 15 is 0 Å². The van der Waals surface area contributed by atoms with Gasteiger partial charge in [-0.1, -0.05) is 33.9 Å². The van der Waals surface area contributed by atoms with Gasteiger partial charge in [-0.05, 0) is 13.8 Å². The Hall–Kier alpha value is -1.62. The second-order valence-corrected chi connectivity index (χ2v) is 5.56. The van der Waals surface area contributed by atoms with Crippen LogP contribution in [0.1, 0.15) is 34.6 Å². The van der Waals surface area contributed by atoms with Gasteiger partial charge in [-0.15, -0.1) is 0 Å². The van der Waals surface area contributed by atoms with E-state index in [9.17, 15) is 14.7 Å². The molecule has 0 radical (unpaired) electrons. The Kier molecular flexibility index (Phi) is 5.50. The predicted molar refractivity (Wildman–Crippen MR) is 71.1 cm³/mol. The van der Waals surface area contributed by atoms with Crippen LogP contribution in [0.5, 0.6) is 0 Å². The zero-order valence-electron chi connectivity index (χ0n) is 12.2. The van der Waals surface area contributed by atoms with Gasteiger partial charge >= 0.3 is 11.9 Å². The highest BCUT2D eigenvalue weighted by molar-refractivity contribution is 5.88. The molecule has 0 aliphatic rings. The van der Waals surface area contributed by atoms with Gasteiger partial charge in [0.2, 0.25) is 0 Å². The van der Waals surface area contributed by atoms with Gasteiger partial charge in [0, 0.05) is 16.6 Å². The second-order valence-electron chi connectivity index (χ2n) is 5.56. The van der Waals surface area contributed by atoms with Crippen molar-refractivity contribution in [2.75, 3.05) is 6.61 Å². The first-order valence-electron chi connectivity index (χ1n) is 5.84. The molecule has 0 aromatic heterocycles. The fraction of sp³-hybridized carbons (Fsp3) is 0.571. The van der Waals surface area contributed by atoms with Crippen LogP contribution in [-0.4, -0.2) is 29.4 Å². The quantitative estimate of drug-likeness (QED) is 0.469. The topological polar surface area (TPSA) is 72.8 Å². The van der Waals surface area contributed by atoms with Crippen LogP contribution in [0.4, 0.5) is 0 Å². The van der Waals surface area contributed by atoms with E-state index in [1.54, 1.807) is 20.8 Å². The molecule has 0 spiro atoms. The molecule has 0 amide bonds. The summed E-state index contributed by atoms with van der Waals surface area (Å²) >= 11 is 0. The molecular formula is C14H22O5. The monoisotopic (exact) mass is 270 g/mol. The number of rotatable bonds is 5. The molecule has 0 heterocycles. The number of esters is 2. The number of aliphatic hydroxyl groups is 1. The average molecular weight is 270 g/mol. The molecule has 0 aliphatic heterocycles. The van der Waals surface area contributed by atoms with Crippen LogP contribution in [0.15, 0.2) is 24.3 Å². The molecule has 1 atom stereocenters. The van der Waals surface area contributed by atoms with Gasteiger partial charge in [0.05, 0.1) is 0 Å². The summed E-state index contributed by atoms with van der Waals surface area (Å²) in [7, 11) is 0. The standard InChI is InChI=1S/C14H22O5/c1-9(2)11(15)18-8-14(17,13(5,6)7)19-12(16)10(3)4/h17H,1,3,8H2,2,4-7H3. The molecule has 5 heteroatoms. The number of hydrogen-bond acceptors (Lipinski definition) is 5. The van der Waals surface area contributed by atoms with Crippen LogP contribution in [0, 0.1) is 5.41 Å². The minimum atomic E-state index is -1.94. The Labute approximate surface area is 113 Å². The second kappa shape index (κ2) is 6.02. The Balaban J connectivity index is 5.00. The highest BCUT2D eigenvalue weighted by Crippen LogP contribution is 2.32. The molecule has 0 fully saturated rings. The first kappa shape index (κ1) is 17.4. The van der Waals surface area contributed by atoms with Crippen LogP contribution < -0.4 is 0 Å². The van der Waals surface area contributed by atoms with Gasteiger partial charge in [-0.3, -0.25) is 0 Å². The molecule has 0 aromatic carbocycles. The van der Waals surface area contributed by atoms with Gasteiger partial charge in [0.25, 0.3) is 5.79 Å². The van der Waals surface area contributed by atoms with Crippen molar-refractivity contribution < 1.29 is 24.2 Å². The van der Waals surface area contributed by atoms with Crippen molar-refractivity contribution in [3.05, 3.63) is 24.3 Å². The third kappa shape index (κ3) is 4.87. The average Bonchev–Trinajstić information content (AvgIpc) is 2.23. The number of carbonyl (C=O) groups excluding carboxylic acids is 2. The molecule has 0 saturated carbocycles. The summed E-state index contributed by atoms with van der Waals surface area (Å²) in [4.78, 5) is 22.9. The van der Waals surface area contributed by atoms with E-state index in [1.165, 1.54) is 13.8 Å². The zero-order valence-corrected chi connectivity index (χ0v) is 12.2. The molecule has 19 heavy (non-hydrogen) atoms. The molecule has 0 aliphatic carbocycles. The smallest absolute Gasteiger partial charge is 0.335 e. The van der Waals surface area contributed by atoms with E-state index in [2.05, 4.69) is 13.2 Å². The van der Waals surface area contributed by atoms with Crippen LogP contribution in [0.3, 0.4) is 0 Å². The summed E-state index contributed by atoms with van der Waals surface area (Å²) in [5.41, 5.74) is -0.496. The highest BCUT2D eigenvalue weighted by Gasteiger charge is 2.45. The predicted octanol–water partition coefficient (Wildman–Crippen LogP) is 1.96. The summed E-state index contributed by atoms with van der Waals surface area (Å²) in [6.45, 7) is 14.3. The van der Waals surface area contributed by atoms with Gasteiger partial charge in [-0.25, -0.2) is 9.59 Å². The van der Waals surface area contributed by atoms with Crippen molar-refractivity contribution in [3.63, 3.8) is 0 Å². The van der Waals surface area contributed by atoms with Crippen LogP contribution in [-0.2, 0) is 19.1 Å². The molecule has 108 valence electrons. The lowest BCUT2D eigenvalue weighted by atomic mass is 9.85. The van der Waals surface area contributed by atoms with Gasteiger partial charge in [0.15, 0.2) is 6.61 Å². The lowest BCUT2D eigenvalue weighted by Crippen LogP contribution is -2.51. The van der Waals surface area contributed by atoms with Crippen molar-refractivity contribution in [1.29, 1.82) is 0 Å². The minimum absolute atomic E-state index is 0.147. The highest BCUT2D eigenvalue weighted by atomic mass is 16.7. The molecular weight excluding hydrogens is 248 g/mol. The van der Waals surface area contributed by atoms with E-state index < -0.39 is 29.7 Å². The lowest BCUT2D eigenvalue weighted by Gasteiger charge is -2.38. The first-order valence-corrected chi connectivity index (χ1v) is 5.84. The maximum atomic E-state index is 11.5. The Bertz CT molecular complexity index is 403. The van der Waals surface area contributed by atoms with E-state index in [0.29, 0.717) is 0 Å². The normalized spacial score (nSPS) is 14.2. The lowest BCUT2D eigenvalue weighted by molar-refractivity contribution is -0.265. The van der Waals surface area contributed by atoms with Gasteiger partial charge in [-0.2, -0.15) is 0 Å². The third-order valence-electron chi connectivity index (χ3n) is 2.53. The molecule has 0 aromatic rings. The van der Waals surface area contributed by atoms with Crippen LogP contribution in [0.2, 0.25) is 0 Å². The summed E-state index contributed by atoms with van der Waals surface area (Å²) in [6, 6.07) is 0. The maximum Gasteiger partial charge on any atom is 0.335 e. The molecule has 1 unspecified atom stereocenters. The minimum Gasteiger partial charge on any atom is -0.455 e. The largest absolute Gasteiger partial charge is 0.455 e. The van der Waals surface area contributed by atoms with Crippen LogP contribution >= 0.6 is 0 Å². The fourth-order valence-electron chi connectivity index (χ4n) is 0.926. The Morgan fingerprint density at radius 2 is 1.47 bits per heavy atom.